The topological polar surface area (TPSA) is 89.7 Å². The van der Waals surface area contributed by atoms with Crippen molar-refractivity contribution in [2.24, 2.45) is 0 Å². The molecule has 7 heteroatoms. The summed E-state index contributed by atoms with van der Waals surface area (Å²) in [5, 5.41) is 0. The smallest absolute Gasteiger partial charge is 0.238 e. The number of benzene rings is 1. The molecule has 1 saturated heterocycles. The standard InChI is InChI=1S/C13H18N2O4S/c1-10-2-3-11(14)12(8-10)20(17,18)9-13(16)15-4-6-19-7-5-15/h2-3,8H,4-7,9,14H2,1H3. The predicted molar refractivity (Wildman–Crippen MR) is 75.0 cm³/mol. The molecule has 0 radical (unpaired) electrons. The molecule has 2 N–H and O–H groups in total. The van der Waals surface area contributed by atoms with E-state index in [9.17, 15) is 13.2 Å². The lowest BCUT2D eigenvalue weighted by atomic mass is 10.2. The van der Waals surface area contributed by atoms with Crippen LogP contribution in [0.4, 0.5) is 5.69 Å². The lowest BCUT2D eigenvalue weighted by molar-refractivity contribution is -0.132. The van der Waals surface area contributed by atoms with Gasteiger partial charge in [-0.3, -0.25) is 4.79 Å². The number of morpholine rings is 1. The van der Waals surface area contributed by atoms with Crippen LogP contribution in [0.5, 0.6) is 0 Å². The summed E-state index contributed by atoms with van der Waals surface area (Å²) in [4.78, 5) is 13.6. The maximum absolute atomic E-state index is 12.3. The van der Waals surface area contributed by atoms with E-state index in [1.807, 2.05) is 0 Å². The zero-order valence-corrected chi connectivity index (χ0v) is 12.1. The summed E-state index contributed by atoms with van der Waals surface area (Å²) >= 11 is 0. The van der Waals surface area contributed by atoms with Gasteiger partial charge >= 0.3 is 0 Å². The van der Waals surface area contributed by atoms with E-state index in [-0.39, 0.29) is 10.6 Å². The van der Waals surface area contributed by atoms with Crippen molar-refractivity contribution in [2.45, 2.75) is 11.8 Å². The number of hydrogen-bond donors (Lipinski definition) is 1. The molecule has 0 aromatic heterocycles. The van der Waals surface area contributed by atoms with E-state index in [1.165, 1.54) is 11.0 Å². The van der Waals surface area contributed by atoms with E-state index in [0.29, 0.717) is 26.3 Å². The average Bonchev–Trinajstić information content (AvgIpc) is 2.42. The number of nitrogen functional groups attached to an aromatic ring is 1. The largest absolute Gasteiger partial charge is 0.398 e. The zero-order valence-electron chi connectivity index (χ0n) is 11.3. The lowest BCUT2D eigenvalue weighted by Crippen LogP contribution is -2.43. The number of sulfone groups is 1. The number of aryl methyl sites for hydroxylation is 1. The number of anilines is 1. The Morgan fingerprint density at radius 1 is 1.35 bits per heavy atom. The highest BCUT2D eigenvalue weighted by atomic mass is 32.2. The number of nitrogens with two attached hydrogens (primary N) is 1. The summed E-state index contributed by atoms with van der Waals surface area (Å²) in [7, 11) is -3.72. The fourth-order valence-corrected chi connectivity index (χ4v) is 3.51. The van der Waals surface area contributed by atoms with Gasteiger partial charge in [-0.05, 0) is 24.6 Å². The minimum atomic E-state index is -3.72. The van der Waals surface area contributed by atoms with Crippen LogP contribution in [0.25, 0.3) is 0 Å². The van der Waals surface area contributed by atoms with Gasteiger partial charge in [0.25, 0.3) is 0 Å². The van der Waals surface area contributed by atoms with Crippen LogP contribution in [0.15, 0.2) is 23.1 Å². The van der Waals surface area contributed by atoms with Gasteiger partial charge in [0.05, 0.1) is 23.8 Å². The molecule has 1 fully saturated rings. The molecule has 0 atom stereocenters. The molecule has 0 spiro atoms. The molecule has 20 heavy (non-hydrogen) atoms. The molecular weight excluding hydrogens is 280 g/mol. The van der Waals surface area contributed by atoms with Gasteiger partial charge in [0.2, 0.25) is 5.91 Å². The number of rotatable bonds is 3. The first kappa shape index (κ1) is 14.8. The van der Waals surface area contributed by atoms with Gasteiger partial charge in [0.15, 0.2) is 9.84 Å². The van der Waals surface area contributed by atoms with Gasteiger partial charge < -0.3 is 15.4 Å². The zero-order chi connectivity index (χ0) is 14.8. The van der Waals surface area contributed by atoms with Crippen LogP contribution in [0, 0.1) is 6.92 Å². The van der Waals surface area contributed by atoms with Crippen LogP contribution in [0.2, 0.25) is 0 Å². The number of carbonyl (C=O) groups is 1. The van der Waals surface area contributed by atoms with Gasteiger partial charge in [-0.2, -0.15) is 0 Å². The Morgan fingerprint density at radius 3 is 2.65 bits per heavy atom. The Morgan fingerprint density at radius 2 is 2.00 bits per heavy atom. The van der Waals surface area contributed by atoms with Gasteiger partial charge in [0, 0.05) is 13.1 Å². The molecule has 1 aromatic carbocycles. The van der Waals surface area contributed by atoms with Crippen LogP contribution in [0.3, 0.4) is 0 Å². The van der Waals surface area contributed by atoms with Crippen LogP contribution < -0.4 is 5.73 Å². The summed E-state index contributed by atoms with van der Waals surface area (Å²) in [6.07, 6.45) is 0. The molecule has 1 aliphatic heterocycles. The van der Waals surface area contributed by atoms with Crippen LogP contribution in [-0.2, 0) is 19.4 Å². The third kappa shape index (κ3) is 3.29. The van der Waals surface area contributed by atoms with Crippen LogP contribution >= 0.6 is 0 Å². The lowest BCUT2D eigenvalue weighted by Gasteiger charge is -2.26. The molecule has 1 aromatic rings. The van der Waals surface area contributed by atoms with E-state index in [1.54, 1.807) is 19.1 Å². The normalized spacial score (nSPS) is 16.1. The number of amides is 1. The Bertz CT molecular complexity index is 607. The number of nitrogens with zero attached hydrogens (tertiary/aromatic N) is 1. The van der Waals surface area contributed by atoms with Gasteiger partial charge in [-0.25, -0.2) is 8.42 Å². The molecule has 0 saturated carbocycles. The average molecular weight is 298 g/mol. The summed E-state index contributed by atoms with van der Waals surface area (Å²) in [5.41, 5.74) is 6.67. The molecule has 1 aliphatic rings. The van der Waals surface area contributed by atoms with Gasteiger partial charge in [0.1, 0.15) is 5.75 Å². The van der Waals surface area contributed by atoms with Gasteiger partial charge in [-0.1, -0.05) is 6.07 Å². The molecule has 0 aliphatic carbocycles. The summed E-state index contributed by atoms with van der Waals surface area (Å²) in [5.74, 6) is -0.963. The second kappa shape index (κ2) is 5.80. The second-order valence-electron chi connectivity index (χ2n) is 4.79. The first-order valence-corrected chi connectivity index (χ1v) is 8.00. The third-order valence-corrected chi connectivity index (χ3v) is 4.83. The molecule has 0 bridgehead atoms. The van der Waals surface area contributed by atoms with E-state index >= 15 is 0 Å². The molecule has 2 rings (SSSR count). The van der Waals surface area contributed by atoms with E-state index in [2.05, 4.69) is 0 Å². The third-order valence-electron chi connectivity index (χ3n) is 3.18. The number of carbonyl (C=O) groups excluding carboxylic acids is 1. The quantitative estimate of drug-likeness (QED) is 0.806. The molecule has 1 heterocycles. The second-order valence-corrected chi connectivity index (χ2v) is 6.75. The van der Waals surface area contributed by atoms with Crippen molar-refractivity contribution in [3.63, 3.8) is 0 Å². The molecule has 6 nitrogen and oxygen atoms in total. The van der Waals surface area contributed by atoms with Crippen molar-refractivity contribution < 1.29 is 17.9 Å². The SMILES string of the molecule is Cc1ccc(N)c(S(=O)(=O)CC(=O)N2CCOCC2)c1. The summed E-state index contributed by atoms with van der Waals surface area (Å²) < 4.78 is 29.7. The molecule has 1 amide bonds. The Hall–Kier alpha value is -1.60. The van der Waals surface area contributed by atoms with Crippen molar-refractivity contribution >= 4 is 21.4 Å². The minimum absolute atomic E-state index is 0.0270. The van der Waals surface area contributed by atoms with E-state index in [4.69, 9.17) is 10.5 Å². The highest BCUT2D eigenvalue weighted by Crippen LogP contribution is 2.21. The Kier molecular flexibility index (Phi) is 4.29. The first-order chi connectivity index (χ1) is 9.40. The van der Waals surface area contributed by atoms with Crippen molar-refractivity contribution in [2.75, 3.05) is 37.8 Å². The molecule has 110 valence electrons. The fourth-order valence-electron chi connectivity index (χ4n) is 2.06. The number of ether oxygens (including phenoxy) is 1. The van der Waals surface area contributed by atoms with Gasteiger partial charge in [-0.15, -0.1) is 0 Å². The highest BCUT2D eigenvalue weighted by Gasteiger charge is 2.26. The Labute approximate surface area is 118 Å². The van der Waals surface area contributed by atoms with Crippen molar-refractivity contribution in [3.8, 4) is 0 Å². The maximum Gasteiger partial charge on any atom is 0.238 e. The fraction of sp³-hybridized carbons (Fsp3) is 0.462. The van der Waals surface area contributed by atoms with Crippen LogP contribution in [-0.4, -0.2) is 51.3 Å². The summed E-state index contributed by atoms with van der Waals surface area (Å²) in [6.45, 7) is 3.52. The number of hydrogen-bond acceptors (Lipinski definition) is 5. The predicted octanol–water partition coefficient (Wildman–Crippen LogP) is 0.210. The monoisotopic (exact) mass is 298 g/mol. The first-order valence-electron chi connectivity index (χ1n) is 6.34. The maximum atomic E-state index is 12.3. The summed E-state index contributed by atoms with van der Waals surface area (Å²) in [6, 6.07) is 4.77. The van der Waals surface area contributed by atoms with Crippen molar-refractivity contribution in [3.05, 3.63) is 23.8 Å². The van der Waals surface area contributed by atoms with E-state index in [0.717, 1.165) is 5.56 Å². The van der Waals surface area contributed by atoms with Crippen LogP contribution in [0.1, 0.15) is 5.56 Å². The van der Waals surface area contributed by atoms with Crippen molar-refractivity contribution in [1.82, 2.24) is 4.90 Å². The minimum Gasteiger partial charge on any atom is -0.398 e. The Balaban J connectivity index is 2.18. The van der Waals surface area contributed by atoms with E-state index < -0.39 is 21.5 Å². The van der Waals surface area contributed by atoms with Crippen molar-refractivity contribution in [1.29, 1.82) is 0 Å². The molecule has 0 unspecified atom stereocenters. The highest BCUT2D eigenvalue weighted by molar-refractivity contribution is 7.92. The molecular formula is C13H18N2O4S.